The molecule has 1 aromatic heterocycles. The van der Waals surface area contributed by atoms with Crippen molar-refractivity contribution in [1.29, 1.82) is 0 Å². The summed E-state index contributed by atoms with van der Waals surface area (Å²) in [5.74, 6) is 0.130. The second kappa shape index (κ2) is 4.82. The Kier molecular flexibility index (Phi) is 3.39. The molecule has 2 rings (SSSR count). The number of aldehydes is 1. The van der Waals surface area contributed by atoms with Crippen molar-refractivity contribution in [2.75, 3.05) is 0 Å². The number of nitrogens with zero attached hydrogens (tertiary/aromatic N) is 2. The summed E-state index contributed by atoms with van der Waals surface area (Å²) in [6.45, 7) is 3.43. The molecule has 5 heteroatoms. The van der Waals surface area contributed by atoms with Gasteiger partial charge in [0, 0.05) is 5.56 Å². The number of aryl methyl sites for hydroxylation is 2. The Hall–Kier alpha value is -1.81. The maximum Gasteiger partial charge on any atom is 0.155 e. The van der Waals surface area contributed by atoms with Gasteiger partial charge in [-0.15, -0.1) is 0 Å². The fourth-order valence-corrected chi connectivity index (χ4v) is 2.01. The second-order valence-electron chi connectivity index (χ2n) is 3.90. The molecular formula is C13H10ClFN2O. The van der Waals surface area contributed by atoms with Crippen molar-refractivity contribution in [3.8, 4) is 11.3 Å². The highest BCUT2D eigenvalue weighted by Crippen LogP contribution is 2.28. The maximum atomic E-state index is 13.1. The first kappa shape index (κ1) is 12.6. The molecule has 0 fully saturated rings. The van der Waals surface area contributed by atoms with Crippen LogP contribution in [0.3, 0.4) is 0 Å². The zero-order valence-electron chi connectivity index (χ0n) is 9.87. The summed E-state index contributed by atoms with van der Waals surface area (Å²) >= 11 is 5.91. The number of hydrogen-bond acceptors (Lipinski definition) is 3. The van der Waals surface area contributed by atoms with Crippen LogP contribution >= 0.6 is 11.6 Å². The van der Waals surface area contributed by atoms with Gasteiger partial charge in [0.25, 0.3) is 0 Å². The molecule has 0 N–H and O–H groups in total. The molecule has 0 radical (unpaired) electrons. The van der Waals surface area contributed by atoms with Crippen molar-refractivity contribution in [3.63, 3.8) is 0 Å². The Labute approximate surface area is 109 Å². The molecule has 3 nitrogen and oxygen atoms in total. The van der Waals surface area contributed by atoms with E-state index in [0.717, 1.165) is 0 Å². The van der Waals surface area contributed by atoms with Gasteiger partial charge in [-0.3, -0.25) is 4.79 Å². The molecule has 0 spiro atoms. The number of carbonyl (C=O) groups excluding carboxylic acids is 1. The molecule has 0 aliphatic rings. The number of rotatable bonds is 2. The monoisotopic (exact) mass is 264 g/mol. The van der Waals surface area contributed by atoms with E-state index in [1.165, 1.54) is 12.1 Å². The summed E-state index contributed by atoms with van der Waals surface area (Å²) in [7, 11) is 0. The zero-order valence-corrected chi connectivity index (χ0v) is 10.6. The summed E-state index contributed by atoms with van der Waals surface area (Å²) in [5, 5.41) is 0.108. The van der Waals surface area contributed by atoms with Gasteiger partial charge in [0.2, 0.25) is 0 Å². The Morgan fingerprint density at radius 1 is 1.28 bits per heavy atom. The summed E-state index contributed by atoms with van der Waals surface area (Å²) in [5.41, 5.74) is 2.01. The summed E-state index contributed by atoms with van der Waals surface area (Å²) in [6.07, 6.45) is 0.611. The third kappa shape index (κ3) is 2.24. The van der Waals surface area contributed by atoms with Crippen LogP contribution in [0.5, 0.6) is 0 Å². The van der Waals surface area contributed by atoms with Gasteiger partial charge in [-0.1, -0.05) is 11.6 Å². The van der Waals surface area contributed by atoms with Crippen LogP contribution in [-0.4, -0.2) is 16.3 Å². The molecule has 0 aliphatic heterocycles. The van der Waals surface area contributed by atoms with Crippen LogP contribution in [0.15, 0.2) is 18.2 Å². The number of carbonyl (C=O) groups is 1. The standard InChI is InChI=1S/C13H10ClFN2O/c1-7-5-9(15)3-4-10(7)12-11(6-18)13(14)17-8(2)16-12/h3-6H,1-2H3. The number of hydrogen-bond donors (Lipinski definition) is 0. The summed E-state index contributed by atoms with van der Waals surface area (Å²) in [4.78, 5) is 19.2. The quantitative estimate of drug-likeness (QED) is 0.617. The van der Waals surface area contributed by atoms with Gasteiger partial charge in [0.1, 0.15) is 16.8 Å². The van der Waals surface area contributed by atoms with Gasteiger partial charge < -0.3 is 0 Å². The van der Waals surface area contributed by atoms with Gasteiger partial charge >= 0.3 is 0 Å². The van der Waals surface area contributed by atoms with E-state index < -0.39 is 0 Å². The second-order valence-corrected chi connectivity index (χ2v) is 4.26. The highest BCUT2D eigenvalue weighted by molar-refractivity contribution is 6.32. The zero-order chi connectivity index (χ0) is 13.3. The van der Waals surface area contributed by atoms with Crippen molar-refractivity contribution in [2.45, 2.75) is 13.8 Å². The Morgan fingerprint density at radius 2 is 2.00 bits per heavy atom. The minimum absolute atomic E-state index is 0.108. The molecule has 2 aromatic rings. The molecule has 92 valence electrons. The normalized spacial score (nSPS) is 10.4. The molecule has 0 atom stereocenters. The van der Waals surface area contributed by atoms with E-state index in [2.05, 4.69) is 9.97 Å². The number of benzene rings is 1. The lowest BCUT2D eigenvalue weighted by molar-refractivity contribution is 0.112. The highest BCUT2D eigenvalue weighted by Gasteiger charge is 2.14. The van der Waals surface area contributed by atoms with Crippen LogP contribution in [0.1, 0.15) is 21.7 Å². The van der Waals surface area contributed by atoms with Crippen LogP contribution in [0.4, 0.5) is 4.39 Å². The maximum absolute atomic E-state index is 13.1. The minimum atomic E-state index is -0.333. The van der Waals surface area contributed by atoms with Crippen molar-refractivity contribution in [2.24, 2.45) is 0 Å². The SMILES string of the molecule is Cc1nc(Cl)c(C=O)c(-c2ccc(F)cc2C)n1. The van der Waals surface area contributed by atoms with Gasteiger partial charge in [-0.2, -0.15) is 0 Å². The van der Waals surface area contributed by atoms with Crippen molar-refractivity contribution in [1.82, 2.24) is 9.97 Å². The van der Waals surface area contributed by atoms with E-state index in [0.29, 0.717) is 28.9 Å². The topological polar surface area (TPSA) is 42.9 Å². The van der Waals surface area contributed by atoms with Gasteiger partial charge in [-0.05, 0) is 37.6 Å². The first-order valence-electron chi connectivity index (χ1n) is 5.28. The first-order valence-corrected chi connectivity index (χ1v) is 5.66. The average molecular weight is 265 g/mol. The van der Waals surface area contributed by atoms with E-state index in [4.69, 9.17) is 11.6 Å². The van der Waals surface area contributed by atoms with Crippen LogP contribution in [0.2, 0.25) is 5.15 Å². The Balaban J connectivity index is 2.73. The summed E-state index contributed by atoms with van der Waals surface area (Å²) in [6, 6.07) is 4.29. The van der Waals surface area contributed by atoms with E-state index in [-0.39, 0.29) is 16.5 Å². The first-order chi connectivity index (χ1) is 8.52. The molecule has 1 heterocycles. The molecule has 0 bridgehead atoms. The van der Waals surface area contributed by atoms with Crippen molar-refractivity contribution < 1.29 is 9.18 Å². The number of halogens is 2. The van der Waals surface area contributed by atoms with Gasteiger partial charge in [0.05, 0.1) is 11.3 Å². The average Bonchev–Trinajstić information content (AvgIpc) is 2.28. The van der Waals surface area contributed by atoms with Crippen LogP contribution in [-0.2, 0) is 0 Å². The van der Waals surface area contributed by atoms with Gasteiger partial charge in [-0.25, -0.2) is 14.4 Å². The van der Waals surface area contributed by atoms with Crippen molar-refractivity contribution in [3.05, 3.63) is 46.1 Å². The van der Waals surface area contributed by atoms with E-state index in [1.807, 2.05) is 0 Å². The molecule has 0 unspecified atom stereocenters. The molecular weight excluding hydrogens is 255 g/mol. The lowest BCUT2D eigenvalue weighted by Crippen LogP contribution is -2.00. The number of aromatic nitrogens is 2. The van der Waals surface area contributed by atoms with Crippen LogP contribution in [0, 0.1) is 19.7 Å². The molecule has 0 saturated carbocycles. The minimum Gasteiger partial charge on any atom is -0.298 e. The van der Waals surface area contributed by atoms with Crippen molar-refractivity contribution >= 4 is 17.9 Å². The predicted molar refractivity (Wildman–Crippen MR) is 67.3 cm³/mol. The molecule has 0 saturated heterocycles. The molecule has 0 amide bonds. The van der Waals surface area contributed by atoms with E-state index in [9.17, 15) is 9.18 Å². The predicted octanol–water partition coefficient (Wildman–Crippen LogP) is 3.37. The Morgan fingerprint density at radius 3 is 2.61 bits per heavy atom. The fourth-order valence-electron chi connectivity index (χ4n) is 1.75. The van der Waals surface area contributed by atoms with Gasteiger partial charge in [0.15, 0.2) is 6.29 Å². The third-order valence-corrected chi connectivity index (χ3v) is 2.86. The van der Waals surface area contributed by atoms with E-state index >= 15 is 0 Å². The summed E-state index contributed by atoms with van der Waals surface area (Å²) < 4.78 is 13.1. The largest absolute Gasteiger partial charge is 0.298 e. The van der Waals surface area contributed by atoms with Crippen LogP contribution in [0.25, 0.3) is 11.3 Å². The lowest BCUT2D eigenvalue weighted by atomic mass is 10.0. The molecule has 0 aliphatic carbocycles. The smallest absolute Gasteiger partial charge is 0.155 e. The fraction of sp³-hybridized carbons (Fsp3) is 0.154. The Bertz CT molecular complexity index is 629. The third-order valence-electron chi connectivity index (χ3n) is 2.57. The van der Waals surface area contributed by atoms with E-state index in [1.54, 1.807) is 19.9 Å². The highest BCUT2D eigenvalue weighted by atomic mass is 35.5. The van der Waals surface area contributed by atoms with Crippen LogP contribution < -0.4 is 0 Å². The lowest BCUT2D eigenvalue weighted by Gasteiger charge is -2.09. The molecule has 1 aromatic carbocycles. The molecule has 18 heavy (non-hydrogen) atoms.